The van der Waals surface area contributed by atoms with Gasteiger partial charge in [-0.2, -0.15) is 18.3 Å². The lowest BCUT2D eigenvalue weighted by molar-refractivity contribution is -0.140. The number of alkyl halides is 3. The summed E-state index contributed by atoms with van der Waals surface area (Å²) in [6.45, 7) is 1.72. The van der Waals surface area contributed by atoms with Crippen LogP contribution in [0, 0.1) is 6.92 Å². The standard InChI is InChI=1S/C28H21F3N6O4S/c1-17-7-9-19(15-23(17)36-42(40,41)20-5-2-4-18(14-20)8-12-26(38)35-39)24-16-37-25(33-24)11-10-22(34-37)21-6-3-13-32-27(21)28(29,30)31/h2-16,36,39H,1H3,(H,35,38)/b12-8+. The molecule has 0 bridgehead atoms. The van der Waals surface area contributed by atoms with Crippen molar-refractivity contribution in [1.29, 1.82) is 0 Å². The second kappa shape index (κ2) is 11.1. The topological polar surface area (TPSA) is 139 Å². The van der Waals surface area contributed by atoms with Crippen LogP contribution >= 0.6 is 0 Å². The van der Waals surface area contributed by atoms with Crippen LogP contribution in [0.2, 0.25) is 0 Å². The number of sulfonamides is 1. The number of rotatable bonds is 7. The van der Waals surface area contributed by atoms with Crippen molar-refractivity contribution in [2.24, 2.45) is 0 Å². The molecule has 10 nitrogen and oxygen atoms in total. The number of pyridine rings is 1. The van der Waals surface area contributed by atoms with E-state index in [1.165, 1.54) is 64.7 Å². The first-order valence-electron chi connectivity index (χ1n) is 12.2. The Bertz CT molecular complexity index is 1960. The van der Waals surface area contributed by atoms with Gasteiger partial charge in [0.25, 0.3) is 15.9 Å². The number of halogens is 3. The Balaban J connectivity index is 1.45. The lowest BCUT2D eigenvalue weighted by Gasteiger charge is -2.12. The number of fused-ring (bicyclic) bond motifs is 1. The molecule has 3 N–H and O–H groups in total. The van der Waals surface area contributed by atoms with Crippen molar-refractivity contribution in [3.63, 3.8) is 0 Å². The zero-order valence-electron chi connectivity index (χ0n) is 21.7. The van der Waals surface area contributed by atoms with Crippen LogP contribution in [0.3, 0.4) is 0 Å². The summed E-state index contributed by atoms with van der Waals surface area (Å²) in [6, 6.07) is 16.5. The molecule has 0 aliphatic rings. The van der Waals surface area contributed by atoms with Crippen molar-refractivity contribution in [2.45, 2.75) is 18.0 Å². The van der Waals surface area contributed by atoms with Crippen molar-refractivity contribution in [2.75, 3.05) is 4.72 Å². The molecule has 0 saturated carbocycles. The fourth-order valence-electron chi connectivity index (χ4n) is 4.09. The van der Waals surface area contributed by atoms with E-state index in [-0.39, 0.29) is 21.8 Å². The molecule has 0 aliphatic heterocycles. The van der Waals surface area contributed by atoms with Gasteiger partial charge in [0.05, 0.1) is 28.2 Å². The Labute approximate surface area is 237 Å². The van der Waals surface area contributed by atoms with E-state index in [0.717, 1.165) is 12.3 Å². The minimum Gasteiger partial charge on any atom is -0.288 e. The first-order valence-corrected chi connectivity index (χ1v) is 13.7. The summed E-state index contributed by atoms with van der Waals surface area (Å²) < 4.78 is 70.7. The van der Waals surface area contributed by atoms with Gasteiger partial charge in [-0.25, -0.2) is 23.4 Å². The fraction of sp³-hybridized carbons (Fsp3) is 0.0714. The smallest absolute Gasteiger partial charge is 0.288 e. The molecule has 3 heterocycles. The maximum atomic E-state index is 13.5. The van der Waals surface area contributed by atoms with E-state index in [9.17, 15) is 26.4 Å². The molecule has 3 aromatic heterocycles. The van der Waals surface area contributed by atoms with Crippen molar-refractivity contribution in [3.8, 4) is 22.5 Å². The maximum Gasteiger partial charge on any atom is 0.434 e. The largest absolute Gasteiger partial charge is 0.434 e. The van der Waals surface area contributed by atoms with Gasteiger partial charge in [0.1, 0.15) is 0 Å². The predicted octanol–water partition coefficient (Wildman–Crippen LogP) is 5.10. The molecule has 0 fully saturated rings. The van der Waals surface area contributed by atoms with Crippen LogP contribution in [0.5, 0.6) is 0 Å². The molecule has 0 radical (unpaired) electrons. The van der Waals surface area contributed by atoms with Gasteiger partial charge in [0, 0.05) is 23.4 Å². The van der Waals surface area contributed by atoms with Crippen LogP contribution in [-0.2, 0) is 21.0 Å². The number of aromatic nitrogens is 4. The van der Waals surface area contributed by atoms with Crippen molar-refractivity contribution in [1.82, 2.24) is 25.1 Å². The molecule has 5 rings (SSSR count). The molecule has 1 amide bonds. The Morgan fingerprint density at radius 1 is 1.02 bits per heavy atom. The second-order valence-corrected chi connectivity index (χ2v) is 10.7. The van der Waals surface area contributed by atoms with Gasteiger partial charge in [-0.05, 0) is 66.6 Å². The molecule has 0 atom stereocenters. The third-order valence-electron chi connectivity index (χ3n) is 6.16. The highest BCUT2D eigenvalue weighted by Gasteiger charge is 2.35. The number of hydroxylamine groups is 1. The zero-order chi connectivity index (χ0) is 30.1. The Morgan fingerprint density at radius 3 is 2.60 bits per heavy atom. The summed E-state index contributed by atoms with van der Waals surface area (Å²) in [6.07, 6.45) is 0.330. The number of aryl methyl sites for hydroxylation is 1. The van der Waals surface area contributed by atoms with E-state index in [0.29, 0.717) is 28.0 Å². The van der Waals surface area contributed by atoms with E-state index in [4.69, 9.17) is 5.21 Å². The normalized spacial score (nSPS) is 12.1. The molecule has 0 unspecified atom stereocenters. The number of hydrogen-bond acceptors (Lipinski definition) is 7. The highest BCUT2D eigenvalue weighted by atomic mass is 32.2. The number of imidazole rings is 1. The SMILES string of the molecule is Cc1ccc(-c2cn3nc(-c4cccnc4C(F)(F)F)ccc3n2)cc1NS(=O)(=O)c1cccc(/C=C/C(=O)NO)c1. The van der Waals surface area contributed by atoms with Crippen LogP contribution in [0.1, 0.15) is 16.8 Å². The summed E-state index contributed by atoms with van der Waals surface area (Å²) in [5, 5.41) is 12.9. The zero-order valence-corrected chi connectivity index (χ0v) is 22.5. The predicted molar refractivity (Wildman–Crippen MR) is 148 cm³/mol. The number of hydrogen-bond donors (Lipinski definition) is 3. The first kappa shape index (κ1) is 28.4. The summed E-state index contributed by atoms with van der Waals surface area (Å²) >= 11 is 0. The highest BCUT2D eigenvalue weighted by molar-refractivity contribution is 7.92. The molecule has 0 aliphatic carbocycles. The summed E-state index contributed by atoms with van der Waals surface area (Å²) in [5.41, 5.74) is 2.92. The number of nitrogens with one attached hydrogen (secondary N) is 2. The summed E-state index contributed by atoms with van der Waals surface area (Å²) in [4.78, 5) is 19.2. The molecule has 5 aromatic rings. The minimum absolute atomic E-state index is 0.0540. The molecular weight excluding hydrogens is 573 g/mol. The van der Waals surface area contributed by atoms with E-state index in [1.54, 1.807) is 31.2 Å². The van der Waals surface area contributed by atoms with E-state index < -0.39 is 27.8 Å². The molecule has 214 valence electrons. The van der Waals surface area contributed by atoms with Crippen LogP contribution in [0.4, 0.5) is 18.9 Å². The average Bonchev–Trinajstić information content (AvgIpc) is 3.40. The Morgan fingerprint density at radius 2 is 1.83 bits per heavy atom. The van der Waals surface area contributed by atoms with Crippen LogP contribution in [0.25, 0.3) is 34.2 Å². The quantitative estimate of drug-likeness (QED) is 0.135. The molecule has 0 saturated heterocycles. The third-order valence-corrected chi connectivity index (χ3v) is 7.52. The van der Waals surface area contributed by atoms with Gasteiger partial charge in [-0.15, -0.1) is 0 Å². The lowest BCUT2D eigenvalue weighted by atomic mass is 10.1. The molecule has 0 spiro atoms. The van der Waals surface area contributed by atoms with Gasteiger partial charge in [-0.1, -0.05) is 24.3 Å². The number of nitrogens with zero attached hydrogens (tertiary/aromatic N) is 4. The maximum absolute atomic E-state index is 13.5. The number of amides is 1. The Hall–Kier alpha value is -5.08. The van der Waals surface area contributed by atoms with Crippen LogP contribution in [-0.4, -0.2) is 39.1 Å². The number of benzene rings is 2. The summed E-state index contributed by atoms with van der Waals surface area (Å²) in [7, 11) is -4.05. The first-order chi connectivity index (χ1) is 19.9. The number of carbonyl (C=O) groups is 1. The number of anilines is 1. The molecule has 2 aromatic carbocycles. The van der Waals surface area contributed by atoms with Crippen molar-refractivity contribution >= 4 is 33.3 Å². The van der Waals surface area contributed by atoms with E-state index in [2.05, 4.69) is 19.8 Å². The van der Waals surface area contributed by atoms with Crippen molar-refractivity contribution in [3.05, 3.63) is 102 Å². The fourth-order valence-corrected chi connectivity index (χ4v) is 5.27. The van der Waals surface area contributed by atoms with Crippen LogP contribution < -0.4 is 10.2 Å². The van der Waals surface area contributed by atoms with Gasteiger partial charge in [0.2, 0.25) is 0 Å². The van der Waals surface area contributed by atoms with Gasteiger partial charge in [0.15, 0.2) is 11.3 Å². The van der Waals surface area contributed by atoms with Crippen LogP contribution in [0.15, 0.2) is 90.1 Å². The lowest BCUT2D eigenvalue weighted by Crippen LogP contribution is -2.15. The minimum atomic E-state index is -4.66. The average molecular weight is 595 g/mol. The molecular formula is C28H21F3N6O4S. The Kier molecular flexibility index (Phi) is 7.49. The number of carbonyl (C=O) groups excluding carboxylic acids is 1. The van der Waals surface area contributed by atoms with E-state index in [1.807, 2.05) is 0 Å². The molecule has 42 heavy (non-hydrogen) atoms. The second-order valence-electron chi connectivity index (χ2n) is 9.06. The third kappa shape index (κ3) is 5.99. The van der Waals surface area contributed by atoms with E-state index >= 15 is 0 Å². The van der Waals surface area contributed by atoms with Crippen molar-refractivity contribution < 1.29 is 31.6 Å². The van der Waals surface area contributed by atoms with Gasteiger partial charge < -0.3 is 0 Å². The summed E-state index contributed by atoms with van der Waals surface area (Å²) in [5.74, 6) is -0.768. The van der Waals surface area contributed by atoms with Gasteiger partial charge >= 0.3 is 6.18 Å². The highest BCUT2D eigenvalue weighted by Crippen LogP contribution is 2.35. The monoisotopic (exact) mass is 594 g/mol. The van der Waals surface area contributed by atoms with Gasteiger partial charge in [-0.3, -0.25) is 19.7 Å². The molecule has 14 heteroatoms.